The average Bonchev–Trinajstić information content (AvgIpc) is 2.20. The molecule has 0 saturated heterocycles. The van der Waals surface area contributed by atoms with Gasteiger partial charge in [-0.3, -0.25) is 0 Å². The van der Waals surface area contributed by atoms with Crippen LogP contribution in [-0.2, 0) is 6.54 Å². The SMILES string of the molecule is CNCc1ncnc2c(F)cccc12. The number of nitrogens with zero attached hydrogens (tertiary/aromatic N) is 2. The number of nitrogens with one attached hydrogen (secondary N) is 1. The van der Waals surface area contributed by atoms with Crippen molar-refractivity contribution in [1.82, 2.24) is 15.3 Å². The van der Waals surface area contributed by atoms with Crippen LogP contribution < -0.4 is 5.32 Å². The average molecular weight is 191 g/mol. The van der Waals surface area contributed by atoms with Gasteiger partial charge in [0, 0.05) is 11.9 Å². The van der Waals surface area contributed by atoms with E-state index in [1.165, 1.54) is 12.4 Å². The van der Waals surface area contributed by atoms with Crippen molar-refractivity contribution in [2.45, 2.75) is 6.54 Å². The van der Waals surface area contributed by atoms with Crippen LogP contribution in [0.3, 0.4) is 0 Å². The van der Waals surface area contributed by atoms with Gasteiger partial charge in [-0.05, 0) is 13.1 Å². The minimum Gasteiger partial charge on any atom is -0.314 e. The molecule has 0 saturated carbocycles. The Hall–Kier alpha value is -1.55. The fraction of sp³-hybridized carbons (Fsp3) is 0.200. The van der Waals surface area contributed by atoms with Crippen LogP contribution in [0.2, 0.25) is 0 Å². The second kappa shape index (κ2) is 3.67. The minimum atomic E-state index is -0.303. The summed E-state index contributed by atoms with van der Waals surface area (Å²) >= 11 is 0. The van der Waals surface area contributed by atoms with E-state index in [1.807, 2.05) is 13.1 Å². The highest BCUT2D eigenvalue weighted by Crippen LogP contribution is 2.16. The first-order valence-corrected chi connectivity index (χ1v) is 4.35. The fourth-order valence-corrected chi connectivity index (χ4v) is 1.41. The third-order valence-corrected chi connectivity index (χ3v) is 2.04. The molecule has 1 heterocycles. The molecule has 0 bridgehead atoms. The Morgan fingerprint density at radius 1 is 1.36 bits per heavy atom. The molecular formula is C10H10FN3. The second-order valence-corrected chi connectivity index (χ2v) is 2.99. The lowest BCUT2D eigenvalue weighted by Crippen LogP contribution is -2.08. The van der Waals surface area contributed by atoms with Gasteiger partial charge in [-0.2, -0.15) is 0 Å². The Morgan fingerprint density at radius 2 is 2.21 bits per heavy atom. The molecule has 0 spiro atoms. The van der Waals surface area contributed by atoms with Crippen molar-refractivity contribution in [3.05, 3.63) is 36.0 Å². The van der Waals surface area contributed by atoms with Crippen molar-refractivity contribution in [2.24, 2.45) is 0 Å². The molecule has 2 aromatic rings. The minimum absolute atomic E-state index is 0.303. The largest absolute Gasteiger partial charge is 0.314 e. The lowest BCUT2D eigenvalue weighted by molar-refractivity contribution is 0.636. The van der Waals surface area contributed by atoms with Crippen LogP contribution >= 0.6 is 0 Å². The standard InChI is InChI=1S/C10H10FN3/c1-12-5-9-7-3-2-4-8(11)10(7)14-6-13-9/h2-4,6,12H,5H2,1H3. The van der Waals surface area contributed by atoms with E-state index in [0.29, 0.717) is 12.1 Å². The quantitative estimate of drug-likeness (QED) is 0.781. The van der Waals surface area contributed by atoms with E-state index in [-0.39, 0.29) is 5.82 Å². The number of fused-ring (bicyclic) bond motifs is 1. The Morgan fingerprint density at radius 3 is 3.00 bits per heavy atom. The smallest absolute Gasteiger partial charge is 0.149 e. The summed E-state index contributed by atoms with van der Waals surface area (Å²) in [5.74, 6) is -0.303. The maximum absolute atomic E-state index is 13.3. The van der Waals surface area contributed by atoms with E-state index >= 15 is 0 Å². The van der Waals surface area contributed by atoms with Crippen molar-refractivity contribution in [1.29, 1.82) is 0 Å². The number of aromatic nitrogens is 2. The predicted octanol–water partition coefficient (Wildman–Crippen LogP) is 1.49. The first-order chi connectivity index (χ1) is 6.83. The van der Waals surface area contributed by atoms with Crippen molar-refractivity contribution < 1.29 is 4.39 Å². The van der Waals surface area contributed by atoms with E-state index in [0.717, 1.165) is 11.1 Å². The Bertz CT molecular complexity index is 456. The molecule has 14 heavy (non-hydrogen) atoms. The normalized spacial score (nSPS) is 10.7. The molecular weight excluding hydrogens is 181 g/mol. The van der Waals surface area contributed by atoms with Crippen LogP contribution in [0, 0.1) is 5.82 Å². The molecule has 72 valence electrons. The molecule has 1 aromatic carbocycles. The summed E-state index contributed by atoms with van der Waals surface area (Å²) in [6.07, 6.45) is 1.39. The van der Waals surface area contributed by atoms with Gasteiger partial charge in [0.2, 0.25) is 0 Å². The van der Waals surface area contributed by atoms with Gasteiger partial charge in [-0.15, -0.1) is 0 Å². The molecule has 1 aromatic heterocycles. The zero-order valence-corrected chi connectivity index (χ0v) is 7.79. The summed E-state index contributed by atoms with van der Waals surface area (Å²) in [6, 6.07) is 4.89. The molecule has 2 rings (SSSR count). The van der Waals surface area contributed by atoms with Gasteiger partial charge >= 0.3 is 0 Å². The zero-order chi connectivity index (χ0) is 9.97. The molecule has 0 fully saturated rings. The van der Waals surface area contributed by atoms with Gasteiger partial charge in [0.15, 0.2) is 0 Å². The molecule has 0 atom stereocenters. The van der Waals surface area contributed by atoms with Gasteiger partial charge in [0.25, 0.3) is 0 Å². The van der Waals surface area contributed by atoms with Crippen LogP contribution in [0.15, 0.2) is 24.5 Å². The second-order valence-electron chi connectivity index (χ2n) is 2.99. The predicted molar refractivity (Wildman–Crippen MR) is 52.3 cm³/mol. The van der Waals surface area contributed by atoms with Crippen LogP contribution in [0.1, 0.15) is 5.69 Å². The van der Waals surface area contributed by atoms with Crippen LogP contribution in [0.25, 0.3) is 10.9 Å². The summed E-state index contributed by atoms with van der Waals surface area (Å²) < 4.78 is 13.3. The Balaban J connectivity index is 2.68. The first kappa shape index (κ1) is 9.02. The van der Waals surface area contributed by atoms with Crippen molar-refractivity contribution in [3.8, 4) is 0 Å². The summed E-state index contributed by atoms with van der Waals surface area (Å²) in [5, 5.41) is 3.75. The monoisotopic (exact) mass is 191 g/mol. The zero-order valence-electron chi connectivity index (χ0n) is 7.79. The van der Waals surface area contributed by atoms with Crippen molar-refractivity contribution in [3.63, 3.8) is 0 Å². The lowest BCUT2D eigenvalue weighted by Gasteiger charge is -2.03. The number of benzene rings is 1. The maximum Gasteiger partial charge on any atom is 0.149 e. The van der Waals surface area contributed by atoms with E-state index in [2.05, 4.69) is 15.3 Å². The van der Waals surface area contributed by atoms with Gasteiger partial charge in [0.05, 0.1) is 5.69 Å². The molecule has 0 aliphatic heterocycles. The Kier molecular flexibility index (Phi) is 2.37. The first-order valence-electron chi connectivity index (χ1n) is 4.35. The lowest BCUT2D eigenvalue weighted by atomic mass is 10.2. The van der Waals surface area contributed by atoms with E-state index in [9.17, 15) is 4.39 Å². The maximum atomic E-state index is 13.3. The molecule has 0 radical (unpaired) electrons. The third kappa shape index (κ3) is 1.44. The van der Waals surface area contributed by atoms with Crippen molar-refractivity contribution in [2.75, 3.05) is 7.05 Å². The molecule has 0 aliphatic carbocycles. The molecule has 0 amide bonds. The summed E-state index contributed by atoms with van der Waals surface area (Å²) in [7, 11) is 1.83. The summed E-state index contributed by atoms with van der Waals surface area (Å²) in [5.41, 5.74) is 1.20. The van der Waals surface area contributed by atoms with Crippen LogP contribution in [0.4, 0.5) is 4.39 Å². The number of hydrogen-bond acceptors (Lipinski definition) is 3. The van der Waals surface area contributed by atoms with E-state index in [1.54, 1.807) is 6.07 Å². The van der Waals surface area contributed by atoms with Crippen molar-refractivity contribution >= 4 is 10.9 Å². The highest BCUT2D eigenvalue weighted by atomic mass is 19.1. The van der Waals surface area contributed by atoms with E-state index < -0.39 is 0 Å². The van der Waals surface area contributed by atoms with Gasteiger partial charge in [0.1, 0.15) is 17.7 Å². The third-order valence-electron chi connectivity index (χ3n) is 2.04. The Labute approximate surface area is 81.0 Å². The molecule has 0 aliphatic rings. The number of para-hydroxylation sites is 1. The molecule has 4 heteroatoms. The van der Waals surface area contributed by atoms with Gasteiger partial charge in [-0.1, -0.05) is 12.1 Å². The summed E-state index contributed by atoms with van der Waals surface area (Å²) in [6.45, 7) is 0.614. The molecule has 3 nitrogen and oxygen atoms in total. The topological polar surface area (TPSA) is 37.8 Å². The number of rotatable bonds is 2. The van der Waals surface area contributed by atoms with Gasteiger partial charge < -0.3 is 5.32 Å². The fourth-order valence-electron chi connectivity index (χ4n) is 1.41. The van der Waals surface area contributed by atoms with Crippen LogP contribution in [0.5, 0.6) is 0 Å². The highest BCUT2D eigenvalue weighted by Gasteiger charge is 2.05. The van der Waals surface area contributed by atoms with Crippen LogP contribution in [-0.4, -0.2) is 17.0 Å². The summed E-state index contributed by atoms with van der Waals surface area (Å²) in [4.78, 5) is 8.01. The number of hydrogen-bond donors (Lipinski definition) is 1. The van der Waals surface area contributed by atoms with E-state index in [4.69, 9.17) is 0 Å². The molecule has 0 unspecified atom stereocenters. The number of halogens is 1. The van der Waals surface area contributed by atoms with Gasteiger partial charge in [-0.25, -0.2) is 14.4 Å². The highest BCUT2D eigenvalue weighted by molar-refractivity contribution is 5.81. The molecule has 1 N–H and O–H groups in total.